The summed E-state index contributed by atoms with van der Waals surface area (Å²) >= 11 is 0. The Morgan fingerprint density at radius 1 is 1.73 bits per heavy atom. The van der Waals surface area contributed by atoms with Gasteiger partial charge in [-0.1, -0.05) is 0 Å². The molecule has 0 aromatic carbocycles. The lowest BCUT2D eigenvalue weighted by molar-refractivity contribution is -0.147. The van der Waals surface area contributed by atoms with Crippen LogP contribution < -0.4 is 5.32 Å². The molecule has 0 aromatic heterocycles. The number of hydrogen-bond acceptors (Lipinski definition) is 4. The fourth-order valence-electron chi connectivity index (χ4n) is 0.971. The summed E-state index contributed by atoms with van der Waals surface area (Å²) < 4.78 is 4.77. The summed E-state index contributed by atoms with van der Waals surface area (Å²) in [6.45, 7) is 1.87. The largest absolute Gasteiger partial charge is 0.447 e. The van der Waals surface area contributed by atoms with Gasteiger partial charge in [0, 0.05) is 19.9 Å². The first-order valence-corrected chi connectivity index (χ1v) is 3.27. The summed E-state index contributed by atoms with van der Waals surface area (Å²) in [4.78, 5) is 10.4. The smallest absolute Gasteiger partial charge is 0.304 e. The zero-order chi connectivity index (χ0) is 7.56. The monoisotopic (exact) mass is 181 g/mol. The van der Waals surface area contributed by atoms with E-state index < -0.39 is 0 Å². The standard InChI is InChI=1S/C6H11NO3.ClH/c1-4(8)10-6-2-5(9)3-7-6;/h5-7,9H,2-3H2,1H3;1H/t5-,6+;/m1./s1. The summed E-state index contributed by atoms with van der Waals surface area (Å²) in [6.07, 6.45) is -0.156. The highest BCUT2D eigenvalue weighted by Crippen LogP contribution is 2.06. The Bertz CT molecular complexity index is 142. The maximum atomic E-state index is 10.4. The molecule has 11 heavy (non-hydrogen) atoms. The van der Waals surface area contributed by atoms with Gasteiger partial charge in [0.2, 0.25) is 0 Å². The van der Waals surface area contributed by atoms with Gasteiger partial charge in [-0.25, -0.2) is 0 Å². The topological polar surface area (TPSA) is 58.6 Å². The van der Waals surface area contributed by atoms with Gasteiger partial charge in [0.1, 0.15) is 0 Å². The summed E-state index contributed by atoms with van der Waals surface area (Å²) in [5, 5.41) is 11.8. The molecule has 2 atom stereocenters. The number of hydrogen-bond donors (Lipinski definition) is 2. The Hall–Kier alpha value is -0.320. The first kappa shape index (κ1) is 10.7. The maximum absolute atomic E-state index is 10.4. The molecular formula is C6H12ClNO3. The Labute approximate surface area is 71.3 Å². The van der Waals surface area contributed by atoms with Gasteiger partial charge in [-0.2, -0.15) is 0 Å². The van der Waals surface area contributed by atoms with Gasteiger partial charge in [-0.15, -0.1) is 12.4 Å². The highest BCUT2D eigenvalue weighted by atomic mass is 35.5. The van der Waals surface area contributed by atoms with E-state index in [1.165, 1.54) is 6.92 Å². The van der Waals surface area contributed by atoms with Crippen molar-refractivity contribution in [1.29, 1.82) is 0 Å². The second kappa shape index (κ2) is 4.54. The predicted octanol–water partition coefficient (Wildman–Crippen LogP) is -0.348. The van der Waals surface area contributed by atoms with Crippen LogP contribution in [0.5, 0.6) is 0 Å². The van der Waals surface area contributed by atoms with Crippen LogP contribution in [0.3, 0.4) is 0 Å². The molecule has 66 valence electrons. The van der Waals surface area contributed by atoms with Crippen molar-refractivity contribution in [3.8, 4) is 0 Å². The zero-order valence-electron chi connectivity index (χ0n) is 6.24. The third-order valence-corrected chi connectivity index (χ3v) is 1.38. The van der Waals surface area contributed by atoms with Gasteiger partial charge in [-0.05, 0) is 0 Å². The summed E-state index contributed by atoms with van der Waals surface area (Å²) in [7, 11) is 0. The van der Waals surface area contributed by atoms with Gasteiger partial charge in [-0.3, -0.25) is 10.1 Å². The van der Waals surface area contributed by atoms with Crippen LogP contribution in [0, 0.1) is 0 Å². The molecule has 0 amide bonds. The first-order chi connectivity index (χ1) is 4.68. The number of ether oxygens (including phenoxy) is 1. The number of carbonyl (C=O) groups is 1. The Morgan fingerprint density at radius 3 is 2.73 bits per heavy atom. The van der Waals surface area contributed by atoms with E-state index in [2.05, 4.69) is 5.32 Å². The number of aliphatic hydroxyl groups excluding tert-OH is 1. The van der Waals surface area contributed by atoms with Crippen LogP contribution in [0.2, 0.25) is 0 Å². The number of nitrogens with one attached hydrogen (secondary N) is 1. The van der Waals surface area contributed by atoms with E-state index in [1.54, 1.807) is 0 Å². The number of β-amino-alcohol motifs (C(OH)–C–C–N with tert-alkyl or cyclic N) is 1. The third-order valence-electron chi connectivity index (χ3n) is 1.38. The first-order valence-electron chi connectivity index (χ1n) is 3.27. The van der Waals surface area contributed by atoms with E-state index in [-0.39, 0.29) is 30.7 Å². The van der Waals surface area contributed by atoms with Crippen molar-refractivity contribution in [1.82, 2.24) is 5.32 Å². The lowest BCUT2D eigenvalue weighted by Gasteiger charge is -2.08. The molecule has 2 N–H and O–H groups in total. The summed E-state index contributed by atoms with van der Waals surface area (Å²) in [6, 6.07) is 0. The molecule has 1 fully saturated rings. The van der Waals surface area contributed by atoms with E-state index in [4.69, 9.17) is 9.84 Å². The molecule has 5 heteroatoms. The van der Waals surface area contributed by atoms with Crippen molar-refractivity contribution in [2.45, 2.75) is 25.7 Å². The van der Waals surface area contributed by atoms with E-state index in [1.807, 2.05) is 0 Å². The molecule has 0 aromatic rings. The van der Waals surface area contributed by atoms with E-state index in [9.17, 15) is 4.79 Å². The third kappa shape index (κ3) is 3.55. The molecule has 1 rings (SSSR count). The number of aliphatic hydroxyl groups is 1. The van der Waals surface area contributed by atoms with Crippen molar-refractivity contribution in [3.05, 3.63) is 0 Å². The van der Waals surface area contributed by atoms with Crippen LogP contribution >= 0.6 is 12.4 Å². The van der Waals surface area contributed by atoms with Gasteiger partial charge in [0.25, 0.3) is 0 Å². The van der Waals surface area contributed by atoms with E-state index in [0.29, 0.717) is 13.0 Å². The van der Waals surface area contributed by atoms with E-state index >= 15 is 0 Å². The van der Waals surface area contributed by atoms with Crippen molar-refractivity contribution in [2.75, 3.05) is 6.54 Å². The molecule has 0 bridgehead atoms. The lowest BCUT2D eigenvalue weighted by atomic mass is 10.3. The van der Waals surface area contributed by atoms with Crippen LogP contribution in [-0.4, -0.2) is 30.0 Å². The van der Waals surface area contributed by atoms with Crippen LogP contribution in [0.15, 0.2) is 0 Å². The summed E-state index contributed by atoms with van der Waals surface area (Å²) in [5.74, 6) is -0.313. The van der Waals surface area contributed by atoms with Crippen LogP contribution in [0.1, 0.15) is 13.3 Å². The molecular weight excluding hydrogens is 170 g/mol. The molecule has 1 aliphatic heterocycles. The Morgan fingerprint density at radius 2 is 2.36 bits per heavy atom. The minimum absolute atomic E-state index is 0. The van der Waals surface area contributed by atoms with Gasteiger partial charge in [0.05, 0.1) is 6.10 Å². The van der Waals surface area contributed by atoms with Crippen molar-refractivity contribution in [2.24, 2.45) is 0 Å². The number of halogens is 1. The SMILES string of the molecule is CC(=O)O[C@H]1C[C@@H](O)CN1.Cl. The zero-order valence-corrected chi connectivity index (χ0v) is 7.06. The average Bonchev–Trinajstić information content (AvgIpc) is 2.13. The van der Waals surface area contributed by atoms with Crippen molar-refractivity contribution in [3.63, 3.8) is 0 Å². The van der Waals surface area contributed by atoms with E-state index in [0.717, 1.165) is 0 Å². The highest BCUT2D eigenvalue weighted by molar-refractivity contribution is 5.85. The minimum Gasteiger partial charge on any atom is -0.447 e. The van der Waals surface area contributed by atoms with Gasteiger partial charge in [0.15, 0.2) is 6.23 Å². The second-order valence-electron chi connectivity index (χ2n) is 2.40. The fraction of sp³-hybridized carbons (Fsp3) is 0.833. The Kier molecular flexibility index (Phi) is 4.40. The van der Waals surface area contributed by atoms with Crippen molar-refractivity contribution < 1.29 is 14.6 Å². The predicted molar refractivity (Wildman–Crippen MR) is 41.4 cm³/mol. The molecule has 4 nitrogen and oxygen atoms in total. The maximum Gasteiger partial charge on any atom is 0.304 e. The fourth-order valence-corrected chi connectivity index (χ4v) is 0.971. The molecule has 1 saturated heterocycles. The van der Waals surface area contributed by atoms with Crippen LogP contribution in [0.4, 0.5) is 0 Å². The molecule has 1 aliphatic rings. The summed E-state index contributed by atoms with van der Waals surface area (Å²) in [5.41, 5.74) is 0. The average molecular weight is 182 g/mol. The minimum atomic E-state index is -0.371. The molecule has 0 unspecified atom stereocenters. The van der Waals surface area contributed by atoms with Crippen LogP contribution in [-0.2, 0) is 9.53 Å². The van der Waals surface area contributed by atoms with Gasteiger partial charge >= 0.3 is 5.97 Å². The molecule has 0 saturated carbocycles. The molecule has 0 radical (unpaired) electrons. The van der Waals surface area contributed by atoms with Crippen molar-refractivity contribution >= 4 is 18.4 Å². The second-order valence-corrected chi connectivity index (χ2v) is 2.40. The lowest BCUT2D eigenvalue weighted by Crippen LogP contribution is -2.26. The normalized spacial score (nSPS) is 29.3. The number of esters is 1. The number of rotatable bonds is 1. The van der Waals surface area contributed by atoms with Gasteiger partial charge < -0.3 is 9.84 Å². The molecule has 0 aliphatic carbocycles. The highest BCUT2D eigenvalue weighted by Gasteiger charge is 2.23. The Balaban J connectivity index is 0.000001000. The quantitative estimate of drug-likeness (QED) is 0.543. The van der Waals surface area contributed by atoms with Crippen LogP contribution in [0.25, 0.3) is 0 Å². The molecule has 0 spiro atoms. The molecule has 1 heterocycles. The number of carbonyl (C=O) groups excluding carboxylic acids is 1.